The fourth-order valence-corrected chi connectivity index (χ4v) is 2.70. The highest BCUT2D eigenvalue weighted by Gasteiger charge is 2.22. The summed E-state index contributed by atoms with van der Waals surface area (Å²) in [7, 11) is 0. The number of fused-ring (bicyclic) bond motifs is 2. The smallest absolute Gasteiger partial charge is 0.182 e. The monoisotopic (exact) mass is 281 g/mol. The van der Waals surface area contributed by atoms with Gasteiger partial charge in [-0.15, -0.1) is 0 Å². The maximum atomic E-state index is 5.73. The Morgan fingerprint density at radius 1 is 1.29 bits per heavy atom. The Bertz CT molecular complexity index is 798. The van der Waals surface area contributed by atoms with Gasteiger partial charge in [0, 0.05) is 12.0 Å². The maximum absolute atomic E-state index is 5.73. The van der Waals surface area contributed by atoms with Crippen molar-refractivity contribution in [1.82, 2.24) is 19.9 Å². The molecular weight excluding hydrogens is 266 g/mol. The number of nitrogens with zero attached hydrogens (tertiary/aromatic N) is 3. The predicted octanol–water partition coefficient (Wildman–Crippen LogP) is 2.60. The normalized spacial score (nSPS) is 17.3. The number of ether oxygens (including phenoxy) is 1. The number of H-pyrrole nitrogens is 1. The van der Waals surface area contributed by atoms with Crippen molar-refractivity contribution in [2.45, 2.75) is 19.4 Å². The first-order chi connectivity index (χ1) is 10.3. The molecule has 0 amide bonds. The number of aromatic amines is 1. The minimum absolute atomic E-state index is 0.176. The van der Waals surface area contributed by atoms with Crippen LogP contribution in [0.2, 0.25) is 0 Å². The number of hydrogen-bond donors (Lipinski definition) is 2. The molecule has 6 heteroatoms. The van der Waals surface area contributed by atoms with Gasteiger partial charge in [0.15, 0.2) is 11.5 Å². The summed E-state index contributed by atoms with van der Waals surface area (Å²) in [6.45, 7) is 2.79. The number of imidazole rings is 1. The quantitative estimate of drug-likeness (QED) is 0.755. The van der Waals surface area contributed by atoms with Gasteiger partial charge < -0.3 is 15.0 Å². The molecule has 4 rings (SSSR count). The van der Waals surface area contributed by atoms with Crippen LogP contribution < -0.4 is 10.1 Å². The second-order valence-corrected chi connectivity index (χ2v) is 5.20. The lowest BCUT2D eigenvalue weighted by molar-refractivity contribution is 0.274. The minimum Gasteiger partial charge on any atom is -0.493 e. The van der Waals surface area contributed by atoms with E-state index in [0.29, 0.717) is 12.3 Å². The third kappa shape index (κ3) is 2.08. The van der Waals surface area contributed by atoms with E-state index in [1.54, 1.807) is 6.33 Å². The zero-order chi connectivity index (χ0) is 14.2. The predicted molar refractivity (Wildman–Crippen MR) is 79.3 cm³/mol. The average Bonchev–Trinajstić information content (AvgIpc) is 2.97. The summed E-state index contributed by atoms with van der Waals surface area (Å²) < 4.78 is 5.73. The standard InChI is InChI=1S/C15H15N5O/c1-9-2-3-12-10(6-9)11(4-5-21-12)20-15-13-14(17-7-16-13)18-8-19-15/h2-3,6-8,11H,4-5H2,1H3,(H2,16,17,18,19,20). The largest absolute Gasteiger partial charge is 0.493 e. The Labute approximate surface area is 121 Å². The molecule has 21 heavy (non-hydrogen) atoms. The van der Waals surface area contributed by atoms with Crippen LogP contribution in [-0.2, 0) is 0 Å². The molecule has 0 fully saturated rings. The molecule has 0 bridgehead atoms. The first-order valence-corrected chi connectivity index (χ1v) is 6.95. The van der Waals surface area contributed by atoms with Crippen LogP contribution >= 0.6 is 0 Å². The van der Waals surface area contributed by atoms with Crippen molar-refractivity contribution in [3.05, 3.63) is 42.0 Å². The summed E-state index contributed by atoms with van der Waals surface area (Å²) in [5, 5.41) is 3.49. The molecule has 1 unspecified atom stereocenters. The Hall–Kier alpha value is -2.63. The van der Waals surface area contributed by atoms with E-state index in [4.69, 9.17) is 4.74 Å². The summed E-state index contributed by atoms with van der Waals surface area (Å²) in [4.78, 5) is 15.7. The third-order valence-corrected chi connectivity index (χ3v) is 3.74. The van der Waals surface area contributed by atoms with E-state index in [1.165, 1.54) is 17.5 Å². The summed E-state index contributed by atoms with van der Waals surface area (Å²) in [6, 6.07) is 6.44. The van der Waals surface area contributed by atoms with Gasteiger partial charge in [0.1, 0.15) is 17.6 Å². The topological polar surface area (TPSA) is 75.7 Å². The highest BCUT2D eigenvalue weighted by molar-refractivity contribution is 5.82. The van der Waals surface area contributed by atoms with E-state index in [-0.39, 0.29) is 6.04 Å². The van der Waals surface area contributed by atoms with Gasteiger partial charge in [0.25, 0.3) is 0 Å². The van der Waals surface area contributed by atoms with Gasteiger partial charge in [0.05, 0.1) is 19.0 Å². The van der Waals surface area contributed by atoms with Crippen LogP contribution in [0.4, 0.5) is 5.82 Å². The molecule has 106 valence electrons. The fourth-order valence-electron chi connectivity index (χ4n) is 2.70. The second-order valence-electron chi connectivity index (χ2n) is 5.20. The molecule has 2 N–H and O–H groups in total. The number of benzene rings is 1. The Balaban J connectivity index is 1.73. The van der Waals surface area contributed by atoms with Gasteiger partial charge >= 0.3 is 0 Å². The van der Waals surface area contributed by atoms with Crippen molar-refractivity contribution in [3.63, 3.8) is 0 Å². The molecule has 1 aromatic carbocycles. The molecular formula is C15H15N5O. The molecule has 0 saturated carbocycles. The van der Waals surface area contributed by atoms with E-state index in [2.05, 4.69) is 44.3 Å². The van der Waals surface area contributed by atoms with Crippen molar-refractivity contribution in [2.75, 3.05) is 11.9 Å². The lowest BCUT2D eigenvalue weighted by atomic mass is 9.98. The number of nitrogens with one attached hydrogen (secondary N) is 2. The molecule has 0 spiro atoms. The van der Waals surface area contributed by atoms with Crippen molar-refractivity contribution < 1.29 is 4.74 Å². The Morgan fingerprint density at radius 3 is 3.19 bits per heavy atom. The van der Waals surface area contributed by atoms with Crippen LogP contribution in [0.25, 0.3) is 11.2 Å². The van der Waals surface area contributed by atoms with Crippen molar-refractivity contribution in [1.29, 1.82) is 0 Å². The van der Waals surface area contributed by atoms with Gasteiger partial charge in [-0.05, 0) is 13.0 Å². The molecule has 0 saturated heterocycles. The fraction of sp³-hybridized carbons (Fsp3) is 0.267. The molecule has 2 aromatic heterocycles. The Morgan fingerprint density at radius 2 is 2.24 bits per heavy atom. The zero-order valence-corrected chi connectivity index (χ0v) is 11.6. The Kier molecular flexibility index (Phi) is 2.73. The summed E-state index contributed by atoms with van der Waals surface area (Å²) >= 11 is 0. The molecule has 0 aliphatic carbocycles. The average molecular weight is 281 g/mol. The van der Waals surface area contributed by atoms with Gasteiger partial charge in [-0.2, -0.15) is 0 Å². The zero-order valence-electron chi connectivity index (χ0n) is 11.6. The van der Waals surface area contributed by atoms with Gasteiger partial charge in [-0.3, -0.25) is 0 Å². The van der Waals surface area contributed by atoms with Crippen LogP contribution in [0, 0.1) is 6.92 Å². The number of hydrogen-bond acceptors (Lipinski definition) is 5. The van der Waals surface area contributed by atoms with E-state index < -0.39 is 0 Å². The van der Waals surface area contributed by atoms with Crippen molar-refractivity contribution >= 4 is 17.0 Å². The highest BCUT2D eigenvalue weighted by atomic mass is 16.5. The molecule has 1 atom stereocenters. The van der Waals surface area contributed by atoms with E-state index in [0.717, 1.165) is 23.5 Å². The molecule has 0 radical (unpaired) electrons. The SMILES string of the molecule is Cc1ccc2c(c1)C(Nc1ncnc3nc[nH]c13)CCO2. The summed E-state index contributed by atoms with van der Waals surface area (Å²) in [5.74, 6) is 1.72. The van der Waals surface area contributed by atoms with E-state index in [9.17, 15) is 0 Å². The number of aryl methyl sites for hydroxylation is 1. The van der Waals surface area contributed by atoms with Gasteiger partial charge in [0.2, 0.25) is 0 Å². The number of anilines is 1. The van der Waals surface area contributed by atoms with Crippen LogP contribution in [0.1, 0.15) is 23.6 Å². The lowest BCUT2D eigenvalue weighted by Crippen LogP contribution is -2.21. The van der Waals surface area contributed by atoms with Gasteiger partial charge in [-0.25, -0.2) is 15.0 Å². The van der Waals surface area contributed by atoms with Crippen LogP contribution in [-0.4, -0.2) is 26.5 Å². The number of rotatable bonds is 2. The van der Waals surface area contributed by atoms with Crippen molar-refractivity contribution in [2.24, 2.45) is 0 Å². The second kappa shape index (κ2) is 4.73. The molecule has 3 heterocycles. The van der Waals surface area contributed by atoms with E-state index in [1.807, 2.05) is 6.07 Å². The first-order valence-electron chi connectivity index (χ1n) is 6.95. The van der Waals surface area contributed by atoms with Crippen LogP contribution in [0.5, 0.6) is 5.75 Å². The van der Waals surface area contributed by atoms with Crippen LogP contribution in [0.15, 0.2) is 30.9 Å². The van der Waals surface area contributed by atoms with E-state index >= 15 is 0 Å². The minimum atomic E-state index is 0.176. The number of aromatic nitrogens is 4. The highest BCUT2D eigenvalue weighted by Crippen LogP contribution is 2.35. The third-order valence-electron chi connectivity index (χ3n) is 3.74. The first kappa shape index (κ1) is 12.1. The lowest BCUT2D eigenvalue weighted by Gasteiger charge is -2.27. The summed E-state index contributed by atoms with van der Waals surface area (Å²) in [5.41, 5.74) is 3.90. The maximum Gasteiger partial charge on any atom is 0.182 e. The molecule has 3 aromatic rings. The molecule has 1 aliphatic rings. The molecule has 6 nitrogen and oxygen atoms in total. The molecule has 1 aliphatic heterocycles. The summed E-state index contributed by atoms with van der Waals surface area (Å²) in [6.07, 6.45) is 4.06. The van der Waals surface area contributed by atoms with Gasteiger partial charge in [-0.1, -0.05) is 17.7 Å². The van der Waals surface area contributed by atoms with Crippen molar-refractivity contribution in [3.8, 4) is 5.75 Å². The van der Waals surface area contributed by atoms with Crippen LogP contribution in [0.3, 0.4) is 0 Å².